The van der Waals surface area contributed by atoms with Crippen molar-refractivity contribution in [3.8, 4) is 10.6 Å². The molecule has 0 radical (unpaired) electrons. The molecule has 0 saturated heterocycles. The molecule has 0 aliphatic rings. The normalized spacial score (nSPS) is 11.7. The van der Waals surface area contributed by atoms with Crippen molar-refractivity contribution in [2.75, 3.05) is 13.1 Å². The summed E-state index contributed by atoms with van der Waals surface area (Å²) in [6.07, 6.45) is 0. The molecule has 21 heavy (non-hydrogen) atoms. The number of hydrogen-bond acceptors (Lipinski definition) is 3. The van der Waals surface area contributed by atoms with Gasteiger partial charge in [0.25, 0.3) is 0 Å². The van der Waals surface area contributed by atoms with Crippen molar-refractivity contribution in [3.63, 3.8) is 0 Å². The second kappa shape index (κ2) is 7.22. The molecule has 2 N–H and O–H groups in total. The number of nitrogens with zero attached hydrogens (tertiary/aromatic N) is 3. The largest absolute Gasteiger partial charge is 0.370 e. The van der Waals surface area contributed by atoms with Crippen LogP contribution in [0.5, 0.6) is 0 Å². The van der Waals surface area contributed by atoms with Gasteiger partial charge < -0.3 is 10.6 Å². The highest BCUT2D eigenvalue weighted by atomic mass is 32.1. The van der Waals surface area contributed by atoms with Crippen LogP contribution in [0, 0.1) is 6.92 Å². The molecule has 5 heteroatoms. The van der Waals surface area contributed by atoms with Crippen LogP contribution in [0.2, 0.25) is 0 Å². The average Bonchev–Trinajstić information content (AvgIpc) is 2.88. The zero-order chi connectivity index (χ0) is 15.2. The third-order valence-corrected chi connectivity index (χ3v) is 4.58. The highest BCUT2D eigenvalue weighted by molar-refractivity contribution is 7.15. The van der Waals surface area contributed by atoms with E-state index in [-0.39, 0.29) is 0 Å². The summed E-state index contributed by atoms with van der Waals surface area (Å²) in [6, 6.07) is 10.2. The van der Waals surface area contributed by atoms with Crippen LogP contribution in [-0.2, 0) is 6.54 Å². The van der Waals surface area contributed by atoms with Crippen LogP contribution >= 0.6 is 11.3 Å². The maximum absolute atomic E-state index is 6.01. The minimum absolute atomic E-state index is 0.596. The first-order valence-electron chi connectivity index (χ1n) is 7.22. The molecule has 0 bridgehead atoms. The fourth-order valence-corrected chi connectivity index (χ4v) is 3.07. The van der Waals surface area contributed by atoms with Gasteiger partial charge in [-0.15, -0.1) is 11.3 Å². The van der Waals surface area contributed by atoms with Crippen molar-refractivity contribution >= 4 is 17.3 Å². The topological polar surface area (TPSA) is 54.5 Å². The number of hydrogen-bond donors (Lipinski definition) is 1. The van der Waals surface area contributed by atoms with E-state index < -0.39 is 0 Å². The van der Waals surface area contributed by atoms with Crippen LogP contribution in [0.1, 0.15) is 24.4 Å². The number of thiazole rings is 1. The van der Waals surface area contributed by atoms with Crippen LogP contribution in [0.3, 0.4) is 0 Å². The van der Waals surface area contributed by atoms with Gasteiger partial charge in [0.15, 0.2) is 5.96 Å². The fourth-order valence-electron chi connectivity index (χ4n) is 2.08. The highest BCUT2D eigenvalue weighted by Crippen LogP contribution is 2.28. The van der Waals surface area contributed by atoms with Crippen LogP contribution in [0.4, 0.5) is 0 Å². The number of aryl methyl sites for hydroxylation is 1. The maximum atomic E-state index is 6.01. The lowest BCUT2D eigenvalue weighted by Crippen LogP contribution is -2.37. The molecular weight excluding hydrogens is 280 g/mol. The summed E-state index contributed by atoms with van der Waals surface area (Å²) < 4.78 is 0. The van der Waals surface area contributed by atoms with Crippen molar-refractivity contribution in [1.82, 2.24) is 9.88 Å². The van der Waals surface area contributed by atoms with Crippen LogP contribution in [-0.4, -0.2) is 28.9 Å². The molecule has 0 spiro atoms. The molecule has 0 unspecified atom stereocenters. The third kappa shape index (κ3) is 3.82. The van der Waals surface area contributed by atoms with Crippen molar-refractivity contribution < 1.29 is 0 Å². The van der Waals surface area contributed by atoms with Gasteiger partial charge in [0, 0.05) is 23.5 Å². The molecule has 1 aromatic heterocycles. The van der Waals surface area contributed by atoms with Gasteiger partial charge in [-0.2, -0.15) is 0 Å². The van der Waals surface area contributed by atoms with Crippen molar-refractivity contribution in [2.45, 2.75) is 27.3 Å². The Morgan fingerprint density at radius 2 is 1.90 bits per heavy atom. The molecule has 2 aromatic rings. The lowest BCUT2D eigenvalue weighted by Gasteiger charge is -2.19. The van der Waals surface area contributed by atoms with Crippen LogP contribution in [0.25, 0.3) is 10.6 Å². The smallest absolute Gasteiger partial charge is 0.191 e. The SMILES string of the molecule is CCN(CC)C(N)=NCc1sc(-c2ccccc2)nc1C. The molecule has 1 aromatic carbocycles. The van der Waals surface area contributed by atoms with Gasteiger partial charge in [0.05, 0.1) is 12.2 Å². The Hall–Kier alpha value is -1.88. The molecule has 0 atom stereocenters. The lowest BCUT2D eigenvalue weighted by atomic mass is 10.2. The van der Waals surface area contributed by atoms with Gasteiger partial charge in [0.1, 0.15) is 5.01 Å². The maximum Gasteiger partial charge on any atom is 0.191 e. The Labute approximate surface area is 130 Å². The van der Waals surface area contributed by atoms with E-state index in [0.29, 0.717) is 12.5 Å². The first kappa shape index (κ1) is 15.5. The minimum Gasteiger partial charge on any atom is -0.370 e. The average molecular weight is 302 g/mol. The second-order valence-corrected chi connectivity index (χ2v) is 5.82. The predicted octanol–water partition coefficient (Wildman–Crippen LogP) is 3.28. The summed E-state index contributed by atoms with van der Waals surface area (Å²) in [5.74, 6) is 0.606. The molecule has 0 fully saturated rings. The first-order valence-corrected chi connectivity index (χ1v) is 8.03. The van der Waals surface area contributed by atoms with Crippen LogP contribution < -0.4 is 5.73 Å². The number of aromatic nitrogens is 1. The Morgan fingerprint density at radius 3 is 2.52 bits per heavy atom. The minimum atomic E-state index is 0.596. The molecule has 1 heterocycles. The van der Waals surface area contributed by atoms with E-state index in [1.807, 2.05) is 25.1 Å². The van der Waals surface area contributed by atoms with E-state index >= 15 is 0 Å². The Balaban J connectivity index is 2.15. The molecule has 0 aliphatic heterocycles. The summed E-state index contributed by atoms with van der Waals surface area (Å²) in [7, 11) is 0. The summed E-state index contributed by atoms with van der Waals surface area (Å²) in [5.41, 5.74) is 8.20. The van der Waals surface area contributed by atoms with Crippen molar-refractivity contribution in [2.24, 2.45) is 10.7 Å². The summed E-state index contributed by atoms with van der Waals surface area (Å²) >= 11 is 1.69. The Kier molecular flexibility index (Phi) is 5.33. The predicted molar refractivity (Wildman–Crippen MR) is 90.5 cm³/mol. The Morgan fingerprint density at radius 1 is 1.24 bits per heavy atom. The molecule has 0 saturated carbocycles. The second-order valence-electron chi connectivity index (χ2n) is 4.74. The summed E-state index contributed by atoms with van der Waals surface area (Å²) in [5, 5.41) is 1.04. The summed E-state index contributed by atoms with van der Waals surface area (Å²) in [4.78, 5) is 12.4. The zero-order valence-electron chi connectivity index (χ0n) is 12.8. The number of benzene rings is 1. The van der Waals surface area contributed by atoms with E-state index in [9.17, 15) is 0 Å². The van der Waals surface area contributed by atoms with Gasteiger partial charge in [-0.1, -0.05) is 30.3 Å². The van der Waals surface area contributed by atoms with E-state index in [0.717, 1.165) is 29.4 Å². The number of nitrogens with two attached hydrogens (primary N) is 1. The zero-order valence-corrected chi connectivity index (χ0v) is 13.7. The number of aliphatic imine (C=N–C) groups is 1. The standard InChI is InChI=1S/C16H22N4S/c1-4-20(5-2)16(17)18-11-14-12(3)19-15(21-14)13-9-7-6-8-10-13/h6-10H,4-5,11H2,1-3H3,(H2,17,18). The van der Waals surface area contributed by atoms with E-state index in [1.165, 1.54) is 4.88 Å². The van der Waals surface area contributed by atoms with Crippen molar-refractivity contribution in [1.29, 1.82) is 0 Å². The molecule has 2 rings (SSSR count). The van der Waals surface area contributed by atoms with Gasteiger partial charge in [-0.3, -0.25) is 0 Å². The molecular formula is C16H22N4S. The van der Waals surface area contributed by atoms with Crippen LogP contribution in [0.15, 0.2) is 35.3 Å². The number of guanidine groups is 1. The molecule has 112 valence electrons. The fraction of sp³-hybridized carbons (Fsp3) is 0.375. The van der Waals surface area contributed by atoms with E-state index in [2.05, 4.69) is 40.9 Å². The quantitative estimate of drug-likeness (QED) is 0.681. The monoisotopic (exact) mass is 302 g/mol. The van der Waals surface area contributed by atoms with Gasteiger partial charge in [0.2, 0.25) is 0 Å². The molecule has 0 amide bonds. The van der Waals surface area contributed by atoms with E-state index in [1.54, 1.807) is 11.3 Å². The van der Waals surface area contributed by atoms with Gasteiger partial charge in [-0.25, -0.2) is 9.98 Å². The van der Waals surface area contributed by atoms with Gasteiger partial charge >= 0.3 is 0 Å². The Bertz CT molecular complexity index is 600. The van der Waals surface area contributed by atoms with Gasteiger partial charge in [-0.05, 0) is 20.8 Å². The third-order valence-electron chi connectivity index (χ3n) is 3.39. The lowest BCUT2D eigenvalue weighted by molar-refractivity contribution is 0.458. The van der Waals surface area contributed by atoms with Crippen molar-refractivity contribution in [3.05, 3.63) is 40.9 Å². The van der Waals surface area contributed by atoms with E-state index in [4.69, 9.17) is 5.73 Å². The molecule has 0 aliphatic carbocycles. The molecule has 4 nitrogen and oxygen atoms in total. The first-order chi connectivity index (χ1) is 10.2. The summed E-state index contributed by atoms with van der Waals surface area (Å²) in [6.45, 7) is 8.54. The number of rotatable bonds is 5. The highest BCUT2D eigenvalue weighted by Gasteiger charge is 2.09.